The van der Waals surface area contributed by atoms with Crippen LogP contribution < -0.4 is 9.80 Å². The lowest BCUT2D eigenvalue weighted by molar-refractivity contribution is 0.669. The van der Waals surface area contributed by atoms with Crippen molar-refractivity contribution in [2.24, 2.45) is 0 Å². The molecule has 0 N–H and O–H groups in total. The second-order valence-corrected chi connectivity index (χ2v) is 12.0. The molecule has 0 fully saturated rings. The molecule has 0 saturated carbocycles. The van der Waals surface area contributed by atoms with Crippen molar-refractivity contribution in [3.8, 4) is 0 Å². The first kappa shape index (κ1) is 27.3. The van der Waals surface area contributed by atoms with E-state index in [1.807, 2.05) is 12.1 Å². The number of fused-ring (bicyclic) bond motifs is 6. The Labute approximate surface area is 273 Å². The Morgan fingerprint density at radius 3 is 1.94 bits per heavy atom. The summed E-state index contributed by atoms with van der Waals surface area (Å²) in [7, 11) is 0. The van der Waals surface area contributed by atoms with Gasteiger partial charge in [0.15, 0.2) is 5.58 Å². The smallest absolute Gasteiger partial charge is 0.159 e. The van der Waals surface area contributed by atoms with Crippen LogP contribution in [0.4, 0.5) is 28.4 Å². The molecule has 0 spiro atoms. The second kappa shape index (κ2) is 11.4. The fraction of sp³-hybridized carbons (Fsp3) is 0.0455. The van der Waals surface area contributed by atoms with Gasteiger partial charge in [-0.1, -0.05) is 109 Å². The average molecular weight is 605 g/mol. The summed E-state index contributed by atoms with van der Waals surface area (Å²) in [5.74, 6) is 0. The number of para-hydroxylation sites is 4. The van der Waals surface area contributed by atoms with Crippen molar-refractivity contribution >= 4 is 71.9 Å². The largest absolute Gasteiger partial charge is 0.454 e. The fourth-order valence-corrected chi connectivity index (χ4v) is 7.08. The number of anilines is 5. The zero-order valence-electron chi connectivity index (χ0n) is 25.9. The quantitative estimate of drug-likeness (QED) is 0.176. The van der Waals surface area contributed by atoms with E-state index in [0.29, 0.717) is 0 Å². The third-order valence-electron chi connectivity index (χ3n) is 9.21. The van der Waals surface area contributed by atoms with Crippen molar-refractivity contribution < 1.29 is 4.42 Å². The van der Waals surface area contributed by atoms with Crippen LogP contribution in [-0.4, -0.2) is 0 Å². The van der Waals surface area contributed by atoms with Crippen molar-refractivity contribution in [1.82, 2.24) is 0 Å². The van der Waals surface area contributed by atoms with Gasteiger partial charge in [-0.2, -0.15) is 0 Å². The summed E-state index contributed by atoms with van der Waals surface area (Å²) < 4.78 is 6.57. The number of benzene rings is 7. The predicted molar refractivity (Wildman–Crippen MR) is 198 cm³/mol. The van der Waals surface area contributed by atoms with Gasteiger partial charge < -0.3 is 14.2 Å². The fourth-order valence-electron chi connectivity index (χ4n) is 7.08. The summed E-state index contributed by atoms with van der Waals surface area (Å²) in [6, 6.07) is 54.0. The highest BCUT2D eigenvalue weighted by atomic mass is 16.3. The molecule has 1 heterocycles. The number of rotatable bonds is 6. The van der Waals surface area contributed by atoms with Gasteiger partial charge >= 0.3 is 0 Å². The van der Waals surface area contributed by atoms with Crippen LogP contribution >= 0.6 is 0 Å². The zero-order valence-corrected chi connectivity index (χ0v) is 25.9. The maximum Gasteiger partial charge on any atom is 0.159 e. The zero-order chi connectivity index (χ0) is 31.2. The summed E-state index contributed by atoms with van der Waals surface area (Å²) in [6.07, 6.45) is 9.00. The Bertz CT molecular complexity index is 2470. The van der Waals surface area contributed by atoms with Gasteiger partial charge in [0.2, 0.25) is 0 Å². The van der Waals surface area contributed by atoms with E-state index in [-0.39, 0.29) is 0 Å². The highest BCUT2D eigenvalue weighted by molar-refractivity contribution is 6.16. The van der Waals surface area contributed by atoms with Crippen LogP contribution in [0, 0.1) is 0 Å². The number of hydrogen-bond donors (Lipinski definition) is 0. The average Bonchev–Trinajstić information content (AvgIpc) is 3.53. The van der Waals surface area contributed by atoms with Gasteiger partial charge in [0, 0.05) is 38.9 Å². The van der Waals surface area contributed by atoms with Crippen LogP contribution in [0.3, 0.4) is 0 Å². The van der Waals surface area contributed by atoms with E-state index in [9.17, 15) is 0 Å². The lowest BCUT2D eigenvalue weighted by atomic mass is 9.97. The molecule has 0 atom stereocenters. The normalized spacial score (nSPS) is 13.0. The molecule has 0 saturated heterocycles. The van der Waals surface area contributed by atoms with Crippen molar-refractivity contribution in [2.45, 2.75) is 12.8 Å². The summed E-state index contributed by atoms with van der Waals surface area (Å²) >= 11 is 0. The Morgan fingerprint density at radius 1 is 0.447 bits per heavy atom. The molecule has 3 heteroatoms. The molecule has 1 aliphatic carbocycles. The third-order valence-corrected chi connectivity index (χ3v) is 9.21. The van der Waals surface area contributed by atoms with Crippen LogP contribution in [0.5, 0.6) is 0 Å². The van der Waals surface area contributed by atoms with Crippen LogP contribution in [0.15, 0.2) is 180 Å². The molecule has 8 aromatic rings. The number of allylic oxidation sites excluding steroid dienone is 3. The number of nitrogens with zero attached hydrogens (tertiary/aromatic N) is 2. The molecule has 9 rings (SSSR count). The summed E-state index contributed by atoms with van der Waals surface area (Å²) in [5.41, 5.74) is 8.43. The van der Waals surface area contributed by atoms with E-state index in [2.05, 4.69) is 168 Å². The maximum absolute atomic E-state index is 6.57. The van der Waals surface area contributed by atoms with Crippen molar-refractivity contribution in [3.63, 3.8) is 0 Å². The molecule has 0 unspecified atom stereocenters. The molecule has 47 heavy (non-hydrogen) atoms. The summed E-state index contributed by atoms with van der Waals surface area (Å²) in [5, 5.41) is 7.07. The first-order valence-electron chi connectivity index (χ1n) is 16.3. The highest BCUT2D eigenvalue weighted by Gasteiger charge is 2.22. The molecule has 1 aliphatic rings. The summed E-state index contributed by atoms with van der Waals surface area (Å²) in [6.45, 7) is 0. The van der Waals surface area contributed by atoms with Gasteiger partial charge in [-0.25, -0.2) is 0 Å². The van der Waals surface area contributed by atoms with Crippen LogP contribution in [0.1, 0.15) is 12.8 Å². The predicted octanol–water partition coefficient (Wildman–Crippen LogP) is 12.7. The molecular formula is C44H32N2O. The first-order chi connectivity index (χ1) is 23.3. The molecule has 1 aromatic heterocycles. The molecule has 7 aromatic carbocycles. The number of hydrogen-bond acceptors (Lipinski definition) is 3. The monoisotopic (exact) mass is 604 g/mol. The topological polar surface area (TPSA) is 19.6 Å². The molecule has 0 bridgehead atoms. The van der Waals surface area contributed by atoms with Crippen molar-refractivity contribution in [2.75, 3.05) is 9.80 Å². The third kappa shape index (κ3) is 4.67. The van der Waals surface area contributed by atoms with E-state index in [1.54, 1.807) is 0 Å². The van der Waals surface area contributed by atoms with Gasteiger partial charge in [-0.3, -0.25) is 0 Å². The minimum Gasteiger partial charge on any atom is -0.454 e. The second-order valence-electron chi connectivity index (χ2n) is 12.0. The van der Waals surface area contributed by atoms with Crippen LogP contribution in [-0.2, 0) is 0 Å². The minimum atomic E-state index is 0.877. The lowest BCUT2D eigenvalue weighted by Gasteiger charge is -2.30. The Morgan fingerprint density at radius 2 is 1.15 bits per heavy atom. The van der Waals surface area contributed by atoms with Crippen LogP contribution in [0.25, 0.3) is 43.5 Å². The van der Waals surface area contributed by atoms with Gasteiger partial charge in [0.1, 0.15) is 5.58 Å². The van der Waals surface area contributed by atoms with E-state index in [4.69, 9.17) is 4.42 Å². The molecule has 3 nitrogen and oxygen atoms in total. The van der Waals surface area contributed by atoms with Crippen molar-refractivity contribution in [3.05, 3.63) is 176 Å². The molecule has 0 radical (unpaired) electrons. The van der Waals surface area contributed by atoms with E-state index in [1.165, 1.54) is 32.9 Å². The number of furan rings is 1. The van der Waals surface area contributed by atoms with E-state index >= 15 is 0 Å². The van der Waals surface area contributed by atoms with Gasteiger partial charge in [-0.05, 0) is 89.7 Å². The van der Waals surface area contributed by atoms with Gasteiger partial charge in [-0.15, -0.1) is 0 Å². The van der Waals surface area contributed by atoms with Crippen LogP contribution in [0.2, 0.25) is 0 Å². The lowest BCUT2D eigenvalue weighted by Crippen LogP contribution is -2.16. The Balaban J connectivity index is 1.31. The Hall–Kier alpha value is -6.06. The molecule has 224 valence electrons. The Kier molecular flexibility index (Phi) is 6.60. The highest BCUT2D eigenvalue weighted by Crippen LogP contribution is 2.45. The first-order valence-corrected chi connectivity index (χ1v) is 16.3. The van der Waals surface area contributed by atoms with E-state index in [0.717, 1.165) is 57.5 Å². The minimum absolute atomic E-state index is 0.877. The van der Waals surface area contributed by atoms with Gasteiger partial charge in [0.05, 0.1) is 11.4 Å². The molecule has 0 amide bonds. The molecule has 0 aliphatic heterocycles. The van der Waals surface area contributed by atoms with Crippen molar-refractivity contribution in [1.29, 1.82) is 0 Å². The van der Waals surface area contributed by atoms with Gasteiger partial charge in [0.25, 0.3) is 0 Å². The molecular weight excluding hydrogens is 572 g/mol. The van der Waals surface area contributed by atoms with E-state index < -0.39 is 0 Å². The SMILES string of the molecule is C1=CC(N(c2ccccc2)c2cc3ccccc3c3cc(N(c4ccccc4)c4cccc5c4oc4ccccc45)ccc23)=CCC1. The summed E-state index contributed by atoms with van der Waals surface area (Å²) in [4.78, 5) is 4.74. The maximum atomic E-state index is 6.57. The standard InChI is InChI=1S/C44H32N2O/c1-4-16-32(17-5-1)45(33-18-6-2-7-19-33)42-29-31-15-10-11-22-36(31)40-30-35(27-28-37(40)42)46(34-20-8-3-9-21-34)41-25-14-24-39-38-23-12-13-26-43(38)47-44(39)41/h1,3-6,8-30H,2,7H2.